The largest absolute Gasteiger partial charge is 0.756 e. The number of phosphoric ester groups is 1. The zero-order valence-corrected chi connectivity index (χ0v) is 35.0. The molecule has 0 spiro atoms. The van der Waals surface area contributed by atoms with E-state index in [2.05, 4.69) is 9.05 Å². The number of hydrogen-bond donors (Lipinski definition) is 0. The SMILES string of the molecule is CCN(CCOP(=O)([O-])OCCN(CC)S(=O)(=O)C(F)(F)C(F)(F)C(F)(F)C(F)(F)C(F)(F)C(F)(F)C(F)(F)C(F)(F)F)S(=O)(=O)C(F)(F)C(F)(F)C(F)(F)C(F)(F)C(F)(F)C(F)(F)C(F)(F)C(F)(F)F. The van der Waals surface area contributed by atoms with Gasteiger partial charge in [0, 0.05) is 26.2 Å². The lowest BCUT2D eigenvalue weighted by Gasteiger charge is -2.43. The van der Waals surface area contributed by atoms with Crippen LogP contribution in [0.15, 0.2) is 0 Å². The molecule has 0 radical (unpaired) electrons. The number of halogens is 34. The molecule has 0 amide bonds. The minimum absolute atomic E-state index is 0.0724. The second-order valence-electron chi connectivity index (χ2n) is 13.0. The highest BCUT2D eigenvalue weighted by Gasteiger charge is 2.98. The standard InChI is InChI=1S/C24H19F34N2O8PS2/c1-3-59(70(63,64)23(55,56)19(45,46)15(37,38)11(29,30)9(25,26)13(33,34)17(41,42)21(49,50)51)5-7-67-69(61,62)68-8-6-60(4-2)71(65,66)24(57,58)20(47,48)16(39,40)12(31,32)10(27,28)14(35,36)18(43,44)22(52,53)54/h3-8H2,1-2H3,(H,61,62)/p-1. The number of likely N-dealkylation sites (N-methyl/N-ethyl adjacent to an activating group) is 2. The smallest absolute Gasteiger partial charge is 0.460 e. The molecule has 0 unspecified atom stereocenters. The predicted molar refractivity (Wildman–Crippen MR) is 153 cm³/mol. The Balaban J connectivity index is 6.62. The van der Waals surface area contributed by atoms with Gasteiger partial charge in [0.05, 0.1) is 13.2 Å². The highest BCUT2D eigenvalue weighted by atomic mass is 32.2. The van der Waals surface area contributed by atoms with Crippen molar-refractivity contribution in [3.8, 4) is 0 Å². The Labute approximate surface area is 368 Å². The fraction of sp³-hybridized carbons (Fsp3) is 1.00. The third-order valence-corrected chi connectivity index (χ3v) is 13.6. The van der Waals surface area contributed by atoms with Crippen LogP contribution in [0.2, 0.25) is 0 Å². The molecule has 47 heteroatoms. The molecule has 0 aromatic rings. The van der Waals surface area contributed by atoms with Crippen molar-refractivity contribution in [3.05, 3.63) is 0 Å². The summed E-state index contributed by atoms with van der Waals surface area (Å²) in [6.45, 7) is -13.6. The molecule has 0 rings (SSSR count). The first kappa shape index (κ1) is 68.6. The monoisotopic (exact) mass is 1200 g/mol. The Morgan fingerprint density at radius 3 is 0.690 bits per heavy atom. The predicted octanol–water partition coefficient (Wildman–Crippen LogP) is 9.73. The maximum absolute atomic E-state index is 14.5. The molecule has 0 aromatic heterocycles. The number of sulfonamides is 2. The third kappa shape index (κ3) is 9.86. The number of hydrogen-bond acceptors (Lipinski definition) is 8. The van der Waals surface area contributed by atoms with E-state index < -0.39 is 170 Å². The van der Waals surface area contributed by atoms with E-state index in [1.165, 1.54) is 0 Å². The van der Waals surface area contributed by atoms with Gasteiger partial charge in [-0.1, -0.05) is 13.8 Å². The van der Waals surface area contributed by atoms with Gasteiger partial charge in [0.1, 0.15) is 0 Å². The Morgan fingerprint density at radius 1 is 0.352 bits per heavy atom. The third-order valence-electron chi connectivity index (χ3n) is 8.60. The second kappa shape index (κ2) is 19.0. The van der Waals surface area contributed by atoms with Gasteiger partial charge in [0.15, 0.2) is 0 Å². The molecule has 0 saturated heterocycles. The Morgan fingerprint density at radius 2 is 0.521 bits per heavy atom. The van der Waals surface area contributed by atoms with Crippen molar-refractivity contribution in [1.82, 2.24) is 8.61 Å². The number of rotatable bonds is 26. The molecule has 0 aliphatic rings. The Hall–Kier alpha value is -2.45. The Bertz CT molecular complexity index is 2020. The van der Waals surface area contributed by atoms with Crippen molar-refractivity contribution >= 4 is 27.9 Å². The van der Waals surface area contributed by atoms with E-state index in [9.17, 15) is 176 Å². The zero-order chi connectivity index (χ0) is 58.3. The number of phosphoric acid groups is 1. The van der Waals surface area contributed by atoms with E-state index in [0.29, 0.717) is 0 Å². The normalized spacial score (nSPS) is 16.7. The molecule has 0 saturated carbocycles. The zero-order valence-electron chi connectivity index (χ0n) is 32.5. The summed E-state index contributed by atoms with van der Waals surface area (Å²) in [6.07, 6.45) is -16.3. The van der Waals surface area contributed by atoms with Crippen LogP contribution in [0.4, 0.5) is 149 Å². The molecule has 0 bridgehead atoms. The summed E-state index contributed by atoms with van der Waals surface area (Å²) in [5.41, 5.74) is 0. The summed E-state index contributed by atoms with van der Waals surface area (Å²) in [7, 11) is -22.9. The van der Waals surface area contributed by atoms with E-state index in [1.807, 2.05) is 0 Å². The first-order chi connectivity index (χ1) is 30.3. The lowest BCUT2D eigenvalue weighted by atomic mass is 9.91. The molecule has 0 atom stereocenters. The average Bonchev–Trinajstić information content (AvgIpc) is 3.15. The van der Waals surface area contributed by atoms with Crippen LogP contribution in [0.3, 0.4) is 0 Å². The van der Waals surface area contributed by atoms with Crippen molar-refractivity contribution in [2.75, 3.05) is 39.4 Å². The summed E-state index contributed by atoms with van der Waals surface area (Å²) in [4.78, 5) is 11.9. The van der Waals surface area contributed by atoms with Crippen LogP contribution in [0.1, 0.15) is 13.8 Å². The first-order valence-corrected chi connectivity index (χ1v) is 20.7. The lowest BCUT2D eigenvalue weighted by Crippen LogP contribution is -2.75. The molecule has 428 valence electrons. The van der Waals surface area contributed by atoms with Gasteiger partial charge in [-0.05, 0) is 0 Å². The van der Waals surface area contributed by atoms with E-state index in [4.69, 9.17) is 0 Å². The molecule has 0 aromatic carbocycles. The maximum Gasteiger partial charge on any atom is 0.460 e. The first-order valence-electron chi connectivity index (χ1n) is 16.4. The molecule has 0 fully saturated rings. The van der Waals surface area contributed by atoms with E-state index in [-0.39, 0.29) is 13.8 Å². The fourth-order valence-electron chi connectivity index (χ4n) is 4.39. The van der Waals surface area contributed by atoms with Crippen molar-refractivity contribution in [3.63, 3.8) is 0 Å². The average molecular weight is 1200 g/mol. The van der Waals surface area contributed by atoms with Gasteiger partial charge in [0.2, 0.25) is 0 Å². The van der Waals surface area contributed by atoms with E-state index in [0.717, 1.165) is 0 Å². The maximum atomic E-state index is 14.5. The second-order valence-corrected chi connectivity index (χ2v) is 18.4. The summed E-state index contributed by atoms with van der Waals surface area (Å²) in [6, 6.07) is 0. The molecular formula is C24H18F34N2O8PS2-. The van der Waals surface area contributed by atoms with Crippen molar-refractivity contribution < 1.29 is 185 Å². The van der Waals surface area contributed by atoms with Crippen LogP contribution in [0.5, 0.6) is 0 Å². The fourth-order valence-corrected chi connectivity index (χ4v) is 7.94. The van der Waals surface area contributed by atoms with Crippen LogP contribution in [0.25, 0.3) is 0 Å². The molecule has 0 N–H and O–H groups in total. The van der Waals surface area contributed by atoms with Crippen LogP contribution >= 0.6 is 7.82 Å². The molecule has 0 aliphatic carbocycles. The summed E-state index contributed by atoms with van der Waals surface area (Å²) >= 11 is 0. The van der Waals surface area contributed by atoms with Gasteiger partial charge in [-0.25, -0.2) is 16.8 Å². The van der Waals surface area contributed by atoms with Gasteiger partial charge in [-0.15, -0.1) is 0 Å². The molecule has 0 heterocycles. The minimum Gasteiger partial charge on any atom is -0.756 e. The number of nitrogens with zero attached hydrogens (tertiary/aromatic N) is 2. The Kier molecular flexibility index (Phi) is 18.3. The molecule has 10 nitrogen and oxygen atoms in total. The summed E-state index contributed by atoms with van der Waals surface area (Å²) in [5.74, 6) is -108. The van der Waals surface area contributed by atoms with Crippen molar-refractivity contribution in [2.24, 2.45) is 0 Å². The van der Waals surface area contributed by atoms with Gasteiger partial charge >= 0.3 is 93.9 Å². The van der Waals surface area contributed by atoms with Crippen LogP contribution in [0, 0.1) is 0 Å². The van der Waals surface area contributed by atoms with Gasteiger partial charge in [-0.3, -0.25) is 4.57 Å². The van der Waals surface area contributed by atoms with Crippen LogP contribution in [-0.4, -0.2) is 159 Å². The van der Waals surface area contributed by atoms with Gasteiger partial charge < -0.3 is 13.9 Å². The summed E-state index contributed by atoms with van der Waals surface area (Å²) < 4.78 is 526. The minimum atomic E-state index is -9.28. The van der Waals surface area contributed by atoms with Crippen molar-refractivity contribution in [1.29, 1.82) is 0 Å². The molecule has 71 heavy (non-hydrogen) atoms. The van der Waals surface area contributed by atoms with Crippen molar-refractivity contribution in [2.45, 2.75) is 108 Å². The topological polar surface area (TPSA) is 133 Å². The summed E-state index contributed by atoms with van der Waals surface area (Å²) in [5, 5.41) is -16.4. The lowest BCUT2D eigenvalue weighted by molar-refractivity contribution is -0.458. The highest BCUT2D eigenvalue weighted by Crippen LogP contribution is 2.66. The van der Waals surface area contributed by atoms with E-state index in [1.54, 1.807) is 0 Å². The molecular weight excluding hydrogens is 1190 g/mol. The van der Waals surface area contributed by atoms with Crippen LogP contribution < -0.4 is 4.89 Å². The molecule has 0 aliphatic heterocycles. The quantitative estimate of drug-likeness (QED) is 0.0618. The highest BCUT2D eigenvalue weighted by molar-refractivity contribution is 7.90. The van der Waals surface area contributed by atoms with Gasteiger partial charge in [-0.2, -0.15) is 158 Å². The van der Waals surface area contributed by atoms with E-state index >= 15 is 0 Å². The van der Waals surface area contributed by atoms with Crippen LogP contribution in [-0.2, 0) is 33.7 Å². The van der Waals surface area contributed by atoms with Gasteiger partial charge in [0.25, 0.3) is 27.9 Å². The number of alkyl halides is 34.